The number of ether oxygens (including phenoxy) is 1. The van der Waals surface area contributed by atoms with E-state index in [4.69, 9.17) is 4.74 Å². The van der Waals surface area contributed by atoms with Gasteiger partial charge in [-0.1, -0.05) is 28.7 Å². The average molecular weight is 330 g/mol. The number of hydrogen-bond acceptors (Lipinski definition) is 3. The lowest BCUT2D eigenvalue weighted by atomic mass is 10.2. The van der Waals surface area contributed by atoms with Crippen molar-refractivity contribution in [2.75, 3.05) is 7.11 Å². The van der Waals surface area contributed by atoms with Crippen molar-refractivity contribution in [1.82, 2.24) is 0 Å². The van der Waals surface area contributed by atoms with Crippen LogP contribution < -0.4 is 4.74 Å². The fraction of sp³-hybridized carbons (Fsp3) is 0.250. The maximum atomic E-state index is 12.8. The molecule has 0 aliphatic carbocycles. The van der Waals surface area contributed by atoms with Gasteiger partial charge in [0.1, 0.15) is 10.6 Å². The summed E-state index contributed by atoms with van der Waals surface area (Å²) in [6.45, 7) is 0. The maximum absolute atomic E-state index is 12.8. The van der Waals surface area contributed by atoms with Crippen LogP contribution in [0.1, 0.15) is 5.56 Å². The van der Waals surface area contributed by atoms with Crippen molar-refractivity contribution in [1.29, 1.82) is 0 Å². The molecule has 0 saturated carbocycles. The number of hydrogen-bond donors (Lipinski definition) is 0. The molecular formula is C8H8FIO3S. The summed E-state index contributed by atoms with van der Waals surface area (Å²) < 4.78 is 39.6. The molecule has 1 aromatic carbocycles. The Morgan fingerprint density at radius 3 is 2.57 bits per heavy atom. The Hall–Kier alpha value is -0.370. The topological polar surface area (TPSA) is 43.4 Å². The zero-order chi connectivity index (χ0) is 10.8. The van der Waals surface area contributed by atoms with Crippen molar-refractivity contribution in [3.63, 3.8) is 0 Å². The van der Waals surface area contributed by atoms with Crippen molar-refractivity contribution < 1.29 is 17.0 Å². The quantitative estimate of drug-likeness (QED) is 0.485. The number of halogens is 2. The Morgan fingerprint density at radius 2 is 2.14 bits per heavy atom. The standard InChI is InChI=1S/C8H8FIO3S/c1-13-7-3-2-6(5-10)4-8(7)14(9,11)12/h2-4H,5H2,1H3. The molecule has 14 heavy (non-hydrogen) atoms. The van der Waals surface area contributed by atoms with E-state index in [1.807, 2.05) is 0 Å². The van der Waals surface area contributed by atoms with E-state index >= 15 is 0 Å². The van der Waals surface area contributed by atoms with E-state index in [1.54, 1.807) is 6.07 Å². The fourth-order valence-electron chi connectivity index (χ4n) is 0.995. The van der Waals surface area contributed by atoms with Crippen molar-refractivity contribution >= 4 is 32.8 Å². The first-order valence-electron chi connectivity index (χ1n) is 3.66. The van der Waals surface area contributed by atoms with Gasteiger partial charge in [0.2, 0.25) is 0 Å². The third kappa shape index (κ3) is 2.57. The highest BCUT2D eigenvalue weighted by Gasteiger charge is 2.18. The minimum atomic E-state index is -4.71. The first kappa shape index (κ1) is 11.7. The molecule has 3 nitrogen and oxygen atoms in total. The number of methoxy groups -OCH3 is 1. The Balaban J connectivity index is 3.37. The minimum absolute atomic E-state index is 0.0288. The Labute approximate surface area is 95.6 Å². The summed E-state index contributed by atoms with van der Waals surface area (Å²) in [4.78, 5) is -0.408. The Bertz CT molecular complexity index is 430. The molecule has 0 radical (unpaired) electrons. The van der Waals surface area contributed by atoms with Gasteiger partial charge in [-0.3, -0.25) is 0 Å². The van der Waals surface area contributed by atoms with Crippen molar-refractivity contribution in [2.45, 2.75) is 9.32 Å². The molecule has 0 spiro atoms. The van der Waals surface area contributed by atoms with Gasteiger partial charge >= 0.3 is 10.2 Å². The summed E-state index contributed by atoms with van der Waals surface area (Å²) >= 11 is 2.06. The van der Waals surface area contributed by atoms with Gasteiger partial charge in [-0.05, 0) is 17.7 Å². The van der Waals surface area contributed by atoms with E-state index < -0.39 is 15.1 Å². The van der Waals surface area contributed by atoms with Crippen LogP contribution in [-0.2, 0) is 14.7 Å². The number of alkyl halides is 1. The fourth-order valence-corrected chi connectivity index (χ4v) is 2.15. The van der Waals surface area contributed by atoms with Gasteiger partial charge in [0.15, 0.2) is 0 Å². The van der Waals surface area contributed by atoms with Gasteiger partial charge in [0, 0.05) is 4.43 Å². The van der Waals surface area contributed by atoms with E-state index in [2.05, 4.69) is 22.6 Å². The first-order valence-corrected chi connectivity index (χ1v) is 6.57. The lowest BCUT2D eigenvalue weighted by Crippen LogP contribution is -1.97. The number of benzene rings is 1. The molecule has 0 amide bonds. The van der Waals surface area contributed by atoms with Crippen molar-refractivity contribution in [2.24, 2.45) is 0 Å². The summed E-state index contributed by atoms with van der Waals surface area (Å²) in [5.74, 6) is 0.0288. The lowest BCUT2D eigenvalue weighted by molar-refractivity contribution is 0.401. The molecule has 6 heteroatoms. The highest BCUT2D eigenvalue weighted by Crippen LogP contribution is 2.27. The molecule has 0 aliphatic heterocycles. The summed E-state index contributed by atoms with van der Waals surface area (Å²) in [5.41, 5.74) is 0.739. The van der Waals surface area contributed by atoms with E-state index in [-0.39, 0.29) is 5.75 Å². The Morgan fingerprint density at radius 1 is 1.50 bits per heavy atom. The van der Waals surface area contributed by atoms with Crippen LogP contribution in [0.3, 0.4) is 0 Å². The van der Waals surface area contributed by atoms with Gasteiger partial charge in [-0.15, -0.1) is 3.89 Å². The van der Waals surface area contributed by atoms with Crippen molar-refractivity contribution in [3.05, 3.63) is 23.8 Å². The highest BCUT2D eigenvalue weighted by molar-refractivity contribution is 14.1. The Kier molecular flexibility index (Phi) is 3.71. The van der Waals surface area contributed by atoms with Crippen LogP contribution in [-0.4, -0.2) is 15.5 Å². The third-order valence-electron chi connectivity index (χ3n) is 1.65. The summed E-state index contributed by atoms with van der Waals surface area (Å²) in [6, 6.07) is 4.42. The van der Waals surface area contributed by atoms with Gasteiger partial charge in [-0.2, -0.15) is 8.42 Å². The summed E-state index contributed by atoms with van der Waals surface area (Å²) in [5, 5.41) is 0. The summed E-state index contributed by atoms with van der Waals surface area (Å²) in [7, 11) is -3.41. The predicted octanol–water partition coefficient (Wildman–Crippen LogP) is 2.29. The predicted molar refractivity (Wildman–Crippen MR) is 59.0 cm³/mol. The molecule has 78 valence electrons. The minimum Gasteiger partial charge on any atom is -0.495 e. The molecule has 0 fully saturated rings. The normalized spacial score (nSPS) is 11.4. The highest BCUT2D eigenvalue weighted by atomic mass is 127. The van der Waals surface area contributed by atoms with Crippen LogP contribution in [0.2, 0.25) is 0 Å². The van der Waals surface area contributed by atoms with Crippen LogP contribution in [0.15, 0.2) is 23.1 Å². The largest absolute Gasteiger partial charge is 0.495 e. The molecule has 1 aromatic rings. The molecule has 0 unspecified atom stereocenters. The zero-order valence-electron chi connectivity index (χ0n) is 7.33. The maximum Gasteiger partial charge on any atom is 0.335 e. The molecule has 0 bridgehead atoms. The molecule has 0 heterocycles. The lowest BCUT2D eigenvalue weighted by Gasteiger charge is -2.05. The molecule has 0 atom stereocenters. The average Bonchev–Trinajstić information content (AvgIpc) is 2.15. The molecule has 1 rings (SSSR count). The van der Waals surface area contributed by atoms with Crippen LogP contribution in [0, 0.1) is 0 Å². The van der Waals surface area contributed by atoms with Gasteiger partial charge in [0.25, 0.3) is 0 Å². The molecule has 0 aromatic heterocycles. The van der Waals surface area contributed by atoms with Crippen LogP contribution in [0.25, 0.3) is 0 Å². The van der Waals surface area contributed by atoms with Gasteiger partial charge in [0.05, 0.1) is 7.11 Å². The van der Waals surface area contributed by atoms with Crippen molar-refractivity contribution in [3.8, 4) is 5.75 Å². The summed E-state index contributed by atoms with van der Waals surface area (Å²) in [6.07, 6.45) is 0. The van der Waals surface area contributed by atoms with Gasteiger partial charge < -0.3 is 4.74 Å². The molecule has 0 saturated heterocycles. The smallest absolute Gasteiger partial charge is 0.335 e. The van der Waals surface area contributed by atoms with E-state index in [9.17, 15) is 12.3 Å². The first-order chi connectivity index (χ1) is 6.49. The second-order valence-electron chi connectivity index (χ2n) is 2.56. The second kappa shape index (κ2) is 4.43. The zero-order valence-corrected chi connectivity index (χ0v) is 10.3. The van der Waals surface area contributed by atoms with Crippen LogP contribution >= 0.6 is 22.6 Å². The van der Waals surface area contributed by atoms with E-state index in [0.717, 1.165) is 5.56 Å². The molecular weight excluding hydrogens is 322 g/mol. The van der Waals surface area contributed by atoms with Crippen LogP contribution in [0.5, 0.6) is 5.75 Å². The SMILES string of the molecule is COc1ccc(CI)cc1S(=O)(=O)F. The van der Waals surface area contributed by atoms with Gasteiger partial charge in [-0.25, -0.2) is 0 Å². The monoisotopic (exact) mass is 330 g/mol. The molecule has 0 N–H and O–H groups in total. The van der Waals surface area contributed by atoms with E-state index in [0.29, 0.717) is 4.43 Å². The van der Waals surface area contributed by atoms with Crippen LogP contribution in [0.4, 0.5) is 3.89 Å². The second-order valence-corrected chi connectivity index (χ2v) is 4.64. The van der Waals surface area contributed by atoms with E-state index in [1.165, 1.54) is 19.2 Å². The number of rotatable bonds is 3. The third-order valence-corrected chi connectivity index (χ3v) is 3.37. The molecule has 0 aliphatic rings.